The summed E-state index contributed by atoms with van der Waals surface area (Å²) in [6.45, 7) is 0. The molecule has 2 aromatic carbocycles. The van der Waals surface area contributed by atoms with E-state index in [1.165, 1.54) is 11.8 Å². The first-order chi connectivity index (χ1) is 16.4. The van der Waals surface area contributed by atoms with Gasteiger partial charge in [0, 0.05) is 25.2 Å². The number of aryl methyl sites for hydroxylation is 2. The highest BCUT2D eigenvalue weighted by Gasteiger charge is 2.22. The van der Waals surface area contributed by atoms with E-state index in [9.17, 15) is 19.5 Å². The van der Waals surface area contributed by atoms with Gasteiger partial charge in [0.25, 0.3) is 5.91 Å². The lowest BCUT2D eigenvalue weighted by molar-refractivity contribution is -0.139. The van der Waals surface area contributed by atoms with Crippen molar-refractivity contribution in [1.82, 2.24) is 14.9 Å². The minimum atomic E-state index is -1.05. The molecular formula is C26H29N3O4S. The van der Waals surface area contributed by atoms with Crippen LogP contribution in [0.25, 0.3) is 11.1 Å². The molecule has 0 fully saturated rings. The highest BCUT2D eigenvalue weighted by molar-refractivity contribution is 7.98. The summed E-state index contributed by atoms with van der Waals surface area (Å²) in [7, 11) is 1.87. The number of hydrogen-bond donors (Lipinski definition) is 2. The molecule has 0 aliphatic heterocycles. The first-order valence-corrected chi connectivity index (χ1v) is 12.5. The third-order valence-electron chi connectivity index (χ3n) is 5.46. The third kappa shape index (κ3) is 7.05. The molecule has 1 heterocycles. The summed E-state index contributed by atoms with van der Waals surface area (Å²) in [5.41, 5.74) is 3.65. The van der Waals surface area contributed by atoms with Gasteiger partial charge in [-0.1, -0.05) is 42.5 Å². The highest BCUT2D eigenvalue weighted by Crippen LogP contribution is 2.26. The van der Waals surface area contributed by atoms with Crippen molar-refractivity contribution >= 4 is 29.4 Å². The van der Waals surface area contributed by atoms with Gasteiger partial charge in [-0.05, 0) is 47.6 Å². The van der Waals surface area contributed by atoms with Crippen LogP contribution in [-0.2, 0) is 29.5 Å². The summed E-state index contributed by atoms with van der Waals surface area (Å²) >= 11 is 1.53. The maximum atomic E-state index is 13.1. The van der Waals surface area contributed by atoms with E-state index >= 15 is 0 Å². The zero-order chi connectivity index (χ0) is 24.5. The van der Waals surface area contributed by atoms with E-state index in [1.807, 2.05) is 66.5 Å². The number of rotatable bonds is 12. The van der Waals surface area contributed by atoms with E-state index < -0.39 is 17.9 Å². The van der Waals surface area contributed by atoms with Gasteiger partial charge in [-0.3, -0.25) is 9.59 Å². The van der Waals surface area contributed by atoms with Gasteiger partial charge >= 0.3 is 5.97 Å². The minimum Gasteiger partial charge on any atom is -0.480 e. The molecule has 0 saturated heterocycles. The van der Waals surface area contributed by atoms with Gasteiger partial charge in [0.15, 0.2) is 0 Å². The molecule has 7 nitrogen and oxygen atoms in total. The largest absolute Gasteiger partial charge is 0.480 e. The zero-order valence-corrected chi connectivity index (χ0v) is 20.2. The van der Waals surface area contributed by atoms with Crippen LogP contribution in [0.5, 0.6) is 0 Å². The monoisotopic (exact) mass is 479 g/mol. The molecule has 2 N–H and O–H groups in total. The molecule has 3 aromatic rings. The Morgan fingerprint density at radius 2 is 1.91 bits per heavy atom. The molecular weight excluding hydrogens is 450 g/mol. The lowest BCUT2D eigenvalue weighted by atomic mass is 9.94. The predicted molar refractivity (Wildman–Crippen MR) is 134 cm³/mol. The highest BCUT2D eigenvalue weighted by atomic mass is 32.2. The van der Waals surface area contributed by atoms with Crippen LogP contribution >= 0.6 is 11.8 Å². The van der Waals surface area contributed by atoms with Gasteiger partial charge in [0.2, 0.25) is 0 Å². The van der Waals surface area contributed by atoms with Crippen molar-refractivity contribution in [2.24, 2.45) is 7.05 Å². The second-order valence-electron chi connectivity index (χ2n) is 8.14. The molecule has 1 aromatic heterocycles. The summed E-state index contributed by atoms with van der Waals surface area (Å²) in [6, 6.07) is 14.0. The lowest BCUT2D eigenvalue weighted by Gasteiger charge is -2.17. The number of benzene rings is 2. The van der Waals surface area contributed by atoms with Crippen molar-refractivity contribution in [1.29, 1.82) is 0 Å². The number of carboxylic acids is 1. The molecule has 0 bridgehead atoms. The normalized spacial score (nSPS) is 11.7. The molecule has 1 amide bonds. The third-order valence-corrected chi connectivity index (χ3v) is 6.10. The number of ketones is 1. The molecule has 0 radical (unpaired) electrons. The Bertz CT molecular complexity index is 1140. The number of nitrogens with one attached hydrogen (secondary N) is 1. The van der Waals surface area contributed by atoms with E-state index in [0.717, 1.165) is 16.8 Å². The van der Waals surface area contributed by atoms with E-state index in [4.69, 9.17) is 0 Å². The Morgan fingerprint density at radius 3 is 2.56 bits per heavy atom. The molecule has 1 atom stereocenters. The number of imidazole rings is 1. The number of amides is 1. The van der Waals surface area contributed by atoms with Gasteiger partial charge in [0.05, 0.1) is 18.4 Å². The van der Waals surface area contributed by atoms with Crippen molar-refractivity contribution in [3.05, 3.63) is 77.9 Å². The van der Waals surface area contributed by atoms with Gasteiger partial charge in [-0.25, -0.2) is 9.78 Å². The molecule has 0 aliphatic carbocycles. The average Bonchev–Trinajstić information content (AvgIpc) is 3.24. The van der Waals surface area contributed by atoms with Crippen molar-refractivity contribution in [2.45, 2.75) is 31.7 Å². The molecule has 178 valence electrons. The molecule has 0 spiro atoms. The van der Waals surface area contributed by atoms with Crippen molar-refractivity contribution in [3.63, 3.8) is 0 Å². The minimum absolute atomic E-state index is 0.0971. The van der Waals surface area contributed by atoms with Crippen LogP contribution in [0.3, 0.4) is 0 Å². The average molecular weight is 480 g/mol. The maximum Gasteiger partial charge on any atom is 0.326 e. The number of carboxylic acid groups (broad SMARTS) is 1. The number of thioether (sulfide) groups is 1. The Hall–Kier alpha value is -3.39. The summed E-state index contributed by atoms with van der Waals surface area (Å²) < 4.78 is 1.81. The molecule has 34 heavy (non-hydrogen) atoms. The van der Waals surface area contributed by atoms with Crippen LogP contribution in [0.1, 0.15) is 34.5 Å². The number of aromatic nitrogens is 2. The number of Topliss-reactive ketones (excluding diaryl/α,β-unsaturated/α-hetero) is 1. The molecule has 8 heteroatoms. The van der Waals surface area contributed by atoms with Crippen molar-refractivity contribution in [3.8, 4) is 11.1 Å². The van der Waals surface area contributed by atoms with E-state index in [-0.39, 0.29) is 5.78 Å². The summed E-state index contributed by atoms with van der Waals surface area (Å²) in [5.74, 6) is -0.745. The topological polar surface area (TPSA) is 101 Å². The van der Waals surface area contributed by atoms with Gasteiger partial charge in [-0.2, -0.15) is 11.8 Å². The Balaban J connectivity index is 1.78. The number of aliphatic carboxylic acids is 1. The van der Waals surface area contributed by atoms with Crippen LogP contribution in [-0.4, -0.2) is 50.4 Å². The van der Waals surface area contributed by atoms with Crippen molar-refractivity contribution in [2.75, 3.05) is 12.0 Å². The standard InChI is InChI=1S/C26H29N3O4S/c1-29-16-20(27-17-29)15-21(30)10-8-18-9-11-22(23(14-18)19-6-4-3-5-7-19)25(31)28-24(26(32)33)12-13-34-2/h3-7,9,11,14,16-17,24H,8,10,12-13,15H2,1-2H3,(H,28,31)(H,32,33)/t24-/m0/s1. The molecule has 0 aliphatic rings. The molecule has 3 rings (SSSR count). The fourth-order valence-electron chi connectivity index (χ4n) is 3.66. The van der Waals surface area contributed by atoms with Gasteiger partial charge < -0.3 is 15.0 Å². The lowest BCUT2D eigenvalue weighted by Crippen LogP contribution is -2.41. The van der Waals surface area contributed by atoms with Crippen molar-refractivity contribution < 1.29 is 19.5 Å². The van der Waals surface area contributed by atoms with Crippen LogP contribution in [0.2, 0.25) is 0 Å². The zero-order valence-electron chi connectivity index (χ0n) is 19.4. The first-order valence-electron chi connectivity index (χ1n) is 11.1. The Labute approximate surface area is 203 Å². The fourth-order valence-corrected chi connectivity index (χ4v) is 4.13. The Kier molecular flexibility index (Phi) is 9.04. The van der Waals surface area contributed by atoms with E-state index in [2.05, 4.69) is 10.3 Å². The first kappa shape index (κ1) is 25.2. The number of hydrogen-bond acceptors (Lipinski definition) is 5. The Morgan fingerprint density at radius 1 is 1.15 bits per heavy atom. The van der Waals surface area contributed by atoms with Gasteiger partial charge in [0.1, 0.15) is 11.8 Å². The molecule has 0 saturated carbocycles. The predicted octanol–water partition coefficient (Wildman–Crippen LogP) is 3.77. The van der Waals surface area contributed by atoms with Crippen LogP contribution < -0.4 is 5.32 Å². The van der Waals surface area contributed by atoms with Crippen LogP contribution in [0, 0.1) is 0 Å². The SMILES string of the molecule is CSCC[C@H](NC(=O)c1ccc(CCC(=O)Cc2cn(C)cn2)cc1-c1ccccc1)C(=O)O. The van der Waals surface area contributed by atoms with Crippen LogP contribution in [0.15, 0.2) is 61.1 Å². The fraction of sp³-hybridized carbons (Fsp3) is 0.308. The smallest absolute Gasteiger partial charge is 0.326 e. The number of nitrogens with zero attached hydrogens (tertiary/aromatic N) is 2. The number of carbonyl (C=O) groups excluding carboxylic acids is 2. The molecule has 0 unspecified atom stereocenters. The quantitative estimate of drug-likeness (QED) is 0.410. The summed E-state index contributed by atoms with van der Waals surface area (Å²) in [5, 5.41) is 12.2. The van der Waals surface area contributed by atoms with E-state index in [0.29, 0.717) is 42.6 Å². The van der Waals surface area contributed by atoms with Gasteiger partial charge in [-0.15, -0.1) is 0 Å². The van der Waals surface area contributed by atoms with E-state index in [1.54, 1.807) is 12.4 Å². The second-order valence-corrected chi connectivity index (χ2v) is 9.12. The second kappa shape index (κ2) is 12.2. The van der Waals surface area contributed by atoms with Crippen LogP contribution in [0.4, 0.5) is 0 Å². The summed E-state index contributed by atoms with van der Waals surface area (Å²) in [6.07, 6.45) is 6.95. The maximum absolute atomic E-state index is 13.1. The number of carbonyl (C=O) groups is 3. The summed E-state index contributed by atoms with van der Waals surface area (Å²) in [4.78, 5) is 41.3.